The number of aromatic nitrogens is 2. The maximum atomic E-state index is 15.2. The van der Waals surface area contributed by atoms with Gasteiger partial charge in [-0.2, -0.15) is 4.98 Å². The van der Waals surface area contributed by atoms with E-state index in [0.29, 0.717) is 59.3 Å². The van der Waals surface area contributed by atoms with E-state index in [0.717, 1.165) is 58.2 Å². The number of benzene rings is 4. The van der Waals surface area contributed by atoms with Gasteiger partial charge in [0, 0.05) is 68.3 Å². The molecule has 3 saturated heterocycles. The van der Waals surface area contributed by atoms with Crippen molar-refractivity contribution in [2.75, 3.05) is 66.7 Å². The van der Waals surface area contributed by atoms with E-state index in [1.54, 1.807) is 66.7 Å². The number of piperidine rings is 2. The molecule has 326 valence electrons. The third-order valence-electron chi connectivity index (χ3n) is 11.7. The Hall–Kier alpha value is -6.85. The zero-order valence-electron chi connectivity index (χ0n) is 34.4. The number of halogens is 3. The lowest BCUT2D eigenvalue weighted by molar-refractivity contribution is -0.134. The molecule has 4 amide bonds. The summed E-state index contributed by atoms with van der Waals surface area (Å²) in [6.45, 7) is 5.51. The van der Waals surface area contributed by atoms with Crippen LogP contribution in [-0.2, 0) is 9.59 Å². The van der Waals surface area contributed by atoms with Crippen molar-refractivity contribution in [1.82, 2.24) is 30.6 Å². The molecule has 5 aromatic rings. The largest absolute Gasteiger partial charge is 0.367 e. The van der Waals surface area contributed by atoms with Crippen LogP contribution in [0.15, 0.2) is 97.2 Å². The highest BCUT2D eigenvalue weighted by atomic mass is 19.1. The van der Waals surface area contributed by atoms with Crippen LogP contribution in [0.2, 0.25) is 0 Å². The van der Waals surface area contributed by atoms with Gasteiger partial charge in [-0.05, 0) is 117 Å². The van der Waals surface area contributed by atoms with Crippen LogP contribution in [0.5, 0.6) is 0 Å². The van der Waals surface area contributed by atoms with Gasteiger partial charge >= 0.3 is 0 Å². The average molecular weight is 861 g/mol. The van der Waals surface area contributed by atoms with Crippen LogP contribution in [0.25, 0.3) is 0 Å². The predicted molar refractivity (Wildman–Crippen MR) is 232 cm³/mol. The standard InChI is InChI=1S/C46H47F3N10O4/c47-37-4-2-1-3-36(37)45(63)52-33-12-10-32(11-13-33)51-42-39(49)28-50-46(55-42)53-34-8-5-30(6-9-34)43(61)56-59-21-18-29(19-22-59)17-20-57-23-25-58(26-24-57)40-15-7-31(27-38(40)48)35-14-16-41(60)54-44(35)62/h1-13,15,27-29,35H,14,16-26H2,(H,52,63)(H,56,61)(H,54,60,62)(H2,50,51,53,55). The molecule has 63 heavy (non-hydrogen) atoms. The van der Waals surface area contributed by atoms with Crippen molar-refractivity contribution in [1.29, 1.82) is 0 Å². The third-order valence-corrected chi connectivity index (χ3v) is 11.7. The van der Waals surface area contributed by atoms with Crippen LogP contribution in [0.3, 0.4) is 0 Å². The molecule has 4 aromatic carbocycles. The summed E-state index contributed by atoms with van der Waals surface area (Å²) in [5.74, 6) is -3.07. The Morgan fingerprint density at radius 1 is 0.730 bits per heavy atom. The molecule has 3 fully saturated rings. The Bertz CT molecular complexity index is 2460. The molecule has 4 heterocycles. The zero-order chi connectivity index (χ0) is 43.9. The molecule has 1 unspecified atom stereocenters. The number of hydrogen-bond donors (Lipinski definition) is 5. The molecule has 0 aliphatic carbocycles. The van der Waals surface area contributed by atoms with Gasteiger partial charge in [0.2, 0.25) is 17.8 Å². The number of carbonyl (C=O) groups excluding carboxylic acids is 4. The quantitative estimate of drug-likeness (QED) is 0.0799. The maximum absolute atomic E-state index is 15.2. The lowest BCUT2D eigenvalue weighted by Crippen LogP contribution is -2.48. The molecular weight excluding hydrogens is 814 g/mol. The Labute approximate surface area is 362 Å². The number of imide groups is 1. The number of rotatable bonds is 13. The highest BCUT2D eigenvalue weighted by Crippen LogP contribution is 2.30. The number of carbonyl (C=O) groups is 4. The summed E-state index contributed by atoms with van der Waals surface area (Å²) in [7, 11) is 0. The topological polar surface area (TPSA) is 164 Å². The maximum Gasteiger partial charge on any atom is 0.265 e. The van der Waals surface area contributed by atoms with Crippen LogP contribution < -0.4 is 31.6 Å². The fourth-order valence-electron chi connectivity index (χ4n) is 8.09. The summed E-state index contributed by atoms with van der Waals surface area (Å²) in [6, 6.07) is 23.9. The molecule has 0 saturated carbocycles. The first kappa shape index (κ1) is 42.8. The summed E-state index contributed by atoms with van der Waals surface area (Å²) < 4.78 is 43.9. The highest BCUT2D eigenvalue weighted by molar-refractivity contribution is 6.04. The summed E-state index contributed by atoms with van der Waals surface area (Å²) >= 11 is 0. The average Bonchev–Trinajstić information content (AvgIpc) is 3.28. The van der Waals surface area contributed by atoms with Crippen molar-refractivity contribution >= 4 is 58.1 Å². The molecule has 0 bridgehead atoms. The second kappa shape index (κ2) is 19.5. The molecule has 5 N–H and O–H groups in total. The normalized spacial score (nSPS) is 17.5. The van der Waals surface area contributed by atoms with Gasteiger partial charge < -0.3 is 20.9 Å². The van der Waals surface area contributed by atoms with Crippen molar-refractivity contribution in [2.45, 2.75) is 38.0 Å². The number of anilines is 6. The molecule has 3 aliphatic rings. The number of amides is 4. The van der Waals surface area contributed by atoms with Gasteiger partial charge in [0.05, 0.1) is 23.4 Å². The summed E-state index contributed by atoms with van der Waals surface area (Å²) in [4.78, 5) is 62.1. The van der Waals surface area contributed by atoms with Crippen molar-refractivity contribution in [3.05, 3.63) is 131 Å². The Kier molecular flexibility index (Phi) is 13.2. The molecule has 0 spiro atoms. The first-order valence-corrected chi connectivity index (χ1v) is 21.0. The second-order valence-corrected chi connectivity index (χ2v) is 15.9. The van der Waals surface area contributed by atoms with E-state index in [1.165, 1.54) is 24.3 Å². The van der Waals surface area contributed by atoms with Gasteiger partial charge in [0.1, 0.15) is 11.6 Å². The first-order valence-electron chi connectivity index (χ1n) is 21.0. The van der Waals surface area contributed by atoms with Gasteiger partial charge in [-0.15, -0.1) is 0 Å². The number of hydrogen-bond acceptors (Lipinski definition) is 11. The molecule has 0 radical (unpaired) electrons. The minimum absolute atomic E-state index is 0.0816. The molecule has 8 rings (SSSR count). The highest BCUT2D eigenvalue weighted by Gasteiger charge is 2.30. The SMILES string of the molecule is O=C1CCC(c2ccc(N3CCN(CCC4CCN(NC(=O)c5ccc(Nc6ncc(F)c(Nc7ccc(NC(=O)c8ccccc8F)cc7)n6)cc5)CC4)CC3)c(F)c2)C(=O)N1. The number of nitrogens with zero attached hydrogens (tertiary/aromatic N) is 5. The number of piperazine rings is 1. The van der Waals surface area contributed by atoms with Gasteiger partial charge in [0.15, 0.2) is 11.6 Å². The van der Waals surface area contributed by atoms with E-state index >= 15 is 4.39 Å². The monoisotopic (exact) mass is 860 g/mol. The summed E-state index contributed by atoms with van der Waals surface area (Å²) in [6.07, 6.45) is 4.65. The molecule has 1 aromatic heterocycles. The van der Waals surface area contributed by atoms with E-state index in [-0.39, 0.29) is 47.3 Å². The Balaban J connectivity index is 0.742. The fraction of sp³-hybridized carbons (Fsp3) is 0.304. The number of hydrazine groups is 1. The molecule has 1 atom stereocenters. The lowest BCUT2D eigenvalue weighted by Gasteiger charge is -2.38. The van der Waals surface area contributed by atoms with Crippen molar-refractivity contribution in [3.8, 4) is 0 Å². The van der Waals surface area contributed by atoms with E-state index in [9.17, 15) is 28.0 Å². The Morgan fingerprint density at radius 2 is 1.43 bits per heavy atom. The van der Waals surface area contributed by atoms with Gasteiger partial charge in [0.25, 0.3) is 11.8 Å². The first-order chi connectivity index (χ1) is 30.5. The van der Waals surface area contributed by atoms with E-state index in [2.05, 4.69) is 41.6 Å². The van der Waals surface area contributed by atoms with Crippen LogP contribution in [0.1, 0.15) is 64.3 Å². The molecule has 14 nitrogen and oxygen atoms in total. The van der Waals surface area contributed by atoms with Gasteiger partial charge in [-0.1, -0.05) is 18.2 Å². The zero-order valence-corrected chi connectivity index (χ0v) is 34.4. The minimum atomic E-state index is -0.684. The smallest absolute Gasteiger partial charge is 0.265 e. The van der Waals surface area contributed by atoms with Crippen LogP contribution in [0.4, 0.5) is 47.7 Å². The molecule has 17 heteroatoms. The summed E-state index contributed by atoms with van der Waals surface area (Å²) in [5.41, 5.74) is 6.05. The predicted octanol–water partition coefficient (Wildman–Crippen LogP) is 6.72. The van der Waals surface area contributed by atoms with Gasteiger partial charge in [-0.25, -0.2) is 23.2 Å². The van der Waals surface area contributed by atoms with Gasteiger partial charge in [-0.3, -0.25) is 34.8 Å². The van der Waals surface area contributed by atoms with Crippen LogP contribution in [-0.4, -0.2) is 89.3 Å². The van der Waals surface area contributed by atoms with E-state index < -0.39 is 23.5 Å². The van der Waals surface area contributed by atoms with Crippen molar-refractivity contribution in [3.63, 3.8) is 0 Å². The number of nitrogens with one attached hydrogen (secondary N) is 5. The van der Waals surface area contributed by atoms with Crippen molar-refractivity contribution < 1.29 is 32.3 Å². The van der Waals surface area contributed by atoms with Crippen LogP contribution in [0, 0.1) is 23.4 Å². The second-order valence-electron chi connectivity index (χ2n) is 15.9. The van der Waals surface area contributed by atoms with Crippen molar-refractivity contribution in [2.24, 2.45) is 5.92 Å². The van der Waals surface area contributed by atoms with Crippen LogP contribution >= 0.6 is 0 Å². The fourth-order valence-corrected chi connectivity index (χ4v) is 8.09. The van der Waals surface area contributed by atoms with E-state index in [4.69, 9.17) is 0 Å². The third kappa shape index (κ3) is 10.8. The Morgan fingerprint density at radius 3 is 2.14 bits per heavy atom. The minimum Gasteiger partial charge on any atom is -0.367 e. The molecular formula is C46H47F3N10O4. The van der Waals surface area contributed by atoms with E-state index in [1.807, 2.05) is 9.91 Å². The lowest BCUT2D eigenvalue weighted by atomic mass is 9.90. The summed E-state index contributed by atoms with van der Waals surface area (Å²) in [5, 5.41) is 12.9. The molecule has 3 aliphatic heterocycles.